The first-order chi connectivity index (χ1) is 8.57. The van der Waals surface area contributed by atoms with Crippen LogP contribution in [0.3, 0.4) is 0 Å². The van der Waals surface area contributed by atoms with Gasteiger partial charge in [-0.2, -0.15) is 0 Å². The van der Waals surface area contributed by atoms with Crippen molar-refractivity contribution in [3.05, 3.63) is 29.3 Å². The Hall–Kier alpha value is -1.07. The third-order valence-electron chi connectivity index (χ3n) is 3.78. The summed E-state index contributed by atoms with van der Waals surface area (Å²) < 4.78 is 28.5. The van der Waals surface area contributed by atoms with Crippen molar-refractivity contribution >= 4 is 9.84 Å². The Morgan fingerprint density at radius 3 is 2.94 bits per heavy atom. The van der Waals surface area contributed by atoms with Gasteiger partial charge in [0.15, 0.2) is 9.84 Å². The molecule has 98 valence electrons. The van der Waals surface area contributed by atoms with E-state index in [4.69, 9.17) is 4.74 Å². The molecule has 3 rings (SSSR count). The molecule has 5 heteroatoms. The van der Waals surface area contributed by atoms with Gasteiger partial charge in [0.1, 0.15) is 5.75 Å². The topological polar surface area (TPSA) is 63.6 Å². The molecule has 0 aromatic heterocycles. The Bertz CT molecular complexity index is 564. The number of hydrogen-bond donors (Lipinski definition) is 1. The quantitative estimate of drug-likeness (QED) is 0.872. The molecule has 1 aromatic carbocycles. The van der Waals surface area contributed by atoms with E-state index < -0.39 is 15.9 Å². The zero-order valence-corrected chi connectivity index (χ0v) is 10.8. The fourth-order valence-electron chi connectivity index (χ4n) is 2.80. The zero-order chi connectivity index (χ0) is 12.8. The predicted molar refractivity (Wildman–Crippen MR) is 67.4 cm³/mol. The molecule has 1 aromatic rings. The van der Waals surface area contributed by atoms with E-state index in [-0.39, 0.29) is 17.4 Å². The van der Waals surface area contributed by atoms with Gasteiger partial charge in [-0.15, -0.1) is 0 Å². The van der Waals surface area contributed by atoms with Crippen molar-refractivity contribution in [3.63, 3.8) is 0 Å². The first-order valence-corrected chi connectivity index (χ1v) is 8.02. The highest BCUT2D eigenvalue weighted by Gasteiger charge is 2.35. The van der Waals surface area contributed by atoms with E-state index in [1.54, 1.807) is 0 Å². The van der Waals surface area contributed by atoms with E-state index in [9.17, 15) is 13.5 Å². The molecule has 0 saturated carbocycles. The molecule has 1 saturated heterocycles. The highest BCUT2D eigenvalue weighted by Crippen LogP contribution is 2.39. The van der Waals surface area contributed by atoms with Gasteiger partial charge >= 0.3 is 0 Å². The third kappa shape index (κ3) is 2.01. The number of rotatable bonds is 2. The third-order valence-corrected chi connectivity index (χ3v) is 5.57. The Balaban J connectivity index is 1.90. The van der Waals surface area contributed by atoms with Gasteiger partial charge in [-0.25, -0.2) is 8.42 Å². The van der Waals surface area contributed by atoms with Crippen LogP contribution in [0.2, 0.25) is 0 Å². The maximum atomic E-state index is 11.5. The summed E-state index contributed by atoms with van der Waals surface area (Å²) >= 11 is 0. The van der Waals surface area contributed by atoms with Crippen LogP contribution in [0.1, 0.15) is 23.7 Å². The van der Waals surface area contributed by atoms with Crippen molar-refractivity contribution < 1.29 is 18.3 Å². The SMILES string of the molecule is O=S1(=O)CCC(C(O)c2cccc3c2OCC3)C1. The number of benzene rings is 1. The Labute approximate surface area is 107 Å². The van der Waals surface area contributed by atoms with Crippen molar-refractivity contribution in [1.29, 1.82) is 0 Å². The van der Waals surface area contributed by atoms with Gasteiger partial charge in [0.25, 0.3) is 0 Å². The lowest BCUT2D eigenvalue weighted by Gasteiger charge is -2.19. The summed E-state index contributed by atoms with van der Waals surface area (Å²) in [4.78, 5) is 0. The highest BCUT2D eigenvalue weighted by atomic mass is 32.2. The molecule has 2 atom stereocenters. The molecule has 2 unspecified atom stereocenters. The molecular weight excluding hydrogens is 252 g/mol. The molecule has 2 aliphatic rings. The first kappa shape index (κ1) is 12.0. The molecule has 0 bridgehead atoms. The highest BCUT2D eigenvalue weighted by molar-refractivity contribution is 7.91. The van der Waals surface area contributed by atoms with Crippen LogP contribution >= 0.6 is 0 Å². The van der Waals surface area contributed by atoms with Crippen LogP contribution in [0.5, 0.6) is 5.75 Å². The first-order valence-electron chi connectivity index (χ1n) is 6.20. The molecule has 2 heterocycles. The largest absolute Gasteiger partial charge is 0.493 e. The van der Waals surface area contributed by atoms with Crippen LogP contribution in [-0.4, -0.2) is 31.6 Å². The number of aliphatic hydroxyl groups is 1. The van der Waals surface area contributed by atoms with Crippen LogP contribution in [0.25, 0.3) is 0 Å². The lowest BCUT2D eigenvalue weighted by molar-refractivity contribution is 0.117. The van der Waals surface area contributed by atoms with Crippen LogP contribution in [0.4, 0.5) is 0 Å². The average Bonchev–Trinajstić information content (AvgIpc) is 2.93. The average molecular weight is 268 g/mol. The standard InChI is InChI=1S/C13H16O4S/c14-12(10-5-7-18(15,16)8-10)11-3-1-2-9-4-6-17-13(9)11/h1-3,10,12,14H,4-8H2. The minimum Gasteiger partial charge on any atom is -0.493 e. The van der Waals surface area contributed by atoms with Gasteiger partial charge in [0, 0.05) is 17.9 Å². The molecule has 4 nitrogen and oxygen atoms in total. The van der Waals surface area contributed by atoms with Crippen LogP contribution in [-0.2, 0) is 16.3 Å². The van der Waals surface area contributed by atoms with E-state index >= 15 is 0 Å². The second kappa shape index (κ2) is 4.24. The van der Waals surface area contributed by atoms with Crippen molar-refractivity contribution in [2.45, 2.75) is 18.9 Å². The lowest BCUT2D eigenvalue weighted by Crippen LogP contribution is -2.15. The van der Waals surface area contributed by atoms with Crippen LogP contribution in [0.15, 0.2) is 18.2 Å². The Morgan fingerprint density at radius 2 is 2.22 bits per heavy atom. The summed E-state index contributed by atoms with van der Waals surface area (Å²) in [6, 6.07) is 5.72. The number of ether oxygens (including phenoxy) is 1. The van der Waals surface area contributed by atoms with Gasteiger partial charge in [-0.1, -0.05) is 18.2 Å². The molecule has 0 spiro atoms. The normalized spacial score (nSPS) is 26.6. The molecule has 2 aliphatic heterocycles. The second-order valence-electron chi connectivity index (χ2n) is 5.04. The maximum Gasteiger partial charge on any atom is 0.150 e. The van der Waals surface area contributed by atoms with E-state index in [1.807, 2.05) is 18.2 Å². The fourth-order valence-corrected chi connectivity index (χ4v) is 4.63. The van der Waals surface area contributed by atoms with E-state index in [0.29, 0.717) is 13.0 Å². The van der Waals surface area contributed by atoms with Crippen molar-refractivity contribution in [3.8, 4) is 5.75 Å². The van der Waals surface area contributed by atoms with Crippen molar-refractivity contribution in [2.75, 3.05) is 18.1 Å². The van der Waals surface area contributed by atoms with Crippen LogP contribution in [0, 0.1) is 5.92 Å². The molecule has 18 heavy (non-hydrogen) atoms. The van der Waals surface area contributed by atoms with Gasteiger partial charge in [0.05, 0.1) is 24.2 Å². The van der Waals surface area contributed by atoms with Crippen molar-refractivity contribution in [2.24, 2.45) is 5.92 Å². The predicted octanol–water partition coefficient (Wildman–Crippen LogP) is 1.09. The summed E-state index contributed by atoms with van der Waals surface area (Å²) in [6.45, 7) is 0.641. The maximum absolute atomic E-state index is 11.5. The fraction of sp³-hybridized carbons (Fsp3) is 0.538. The van der Waals surface area contributed by atoms with Gasteiger partial charge in [0.2, 0.25) is 0 Å². The minimum atomic E-state index is -2.96. The number of para-hydroxylation sites is 1. The number of fused-ring (bicyclic) bond motifs is 1. The van der Waals surface area contributed by atoms with E-state index in [2.05, 4.69) is 0 Å². The van der Waals surface area contributed by atoms with Gasteiger partial charge in [-0.05, 0) is 12.0 Å². The second-order valence-corrected chi connectivity index (χ2v) is 7.27. The van der Waals surface area contributed by atoms with Gasteiger partial charge in [-0.3, -0.25) is 0 Å². The molecular formula is C13H16O4S. The number of sulfone groups is 1. The molecule has 0 aliphatic carbocycles. The smallest absolute Gasteiger partial charge is 0.150 e. The lowest BCUT2D eigenvalue weighted by atomic mass is 9.93. The molecule has 0 amide bonds. The summed E-state index contributed by atoms with van der Waals surface area (Å²) in [5.74, 6) is 0.822. The monoisotopic (exact) mass is 268 g/mol. The molecule has 0 radical (unpaired) electrons. The molecule has 1 N–H and O–H groups in total. The zero-order valence-electron chi connectivity index (χ0n) is 10.0. The minimum absolute atomic E-state index is 0.0812. The summed E-state index contributed by atoms with van der Waals surface area (Å²) in [5.41, 5.74) is 1.85. The number of hydrogen-bond acceptors (Lipinski definition) is 4. The van der Waals surface area contributed by atoms with E-state index in [1.165, 1.54) is 0 Å². The Kier molecular flexibility index (Phi) is 2.83. The summed E-state index contributed by atoms with van der Waals surface area (Å²) in [6.07, 6.45) is 0.654. The summed E-state index contributed by atoms with van der Waals surface area (Å²) in [5, 5.41) is 10.4. The van der Waals surface area contributed by atoms with Gasteiger partial charge < -0.3 is 9.84 Å². The summed E-state index contributed by atoms with van der Waals surface area (Å²) in [7, 11) is -2.96. The van der Waals surface area contributed by atoms with Crippen molar-refractivity contribution in [1.82, 2.24) is 0 Å². The van der Waals surface area contributed by atoms with Crippen LogP contribution < -0.4 is 4.74 Å². The number of aliphatic hydroxyl groups excluding tert-OH is 1. The Morgan fingerprint density at radius 1 is 1.39 bits per heavy atom. The van der Waals surface area contributed by atoms with E-state index in [0.717, 1.165) is 23.3 Å². The molecule has 1 fully saturated rings.